The summed E-state index contributed by atoms with van der Waals surface area (Å²) in [6.07, 6.45) is 0.264. The van der Waals surface area contributed by atoms with Crippen LogP contribution in [-0.4, -0.2) is 36.5 Å². The highest BCUT2D eigenvalue weighted by Gasteiger charge is 2.31. The van der Waals surface area contributed by atoms with Crippen LogP contribution >= 0.6 is 0 Å². The molecule has 0 aliphatic carbocycles. The molecule has 0 aromatic heterocycles. The Kier molecular flexibility index (Phi) is 6.60. The second-order valence-electron chi connectivity index (χ2n) is 4.50. The number of carbonyl (C=O) groups is 1. The minimum atomic E-state index is -0.723. The summed E-state index contributed by atoms with van der Waals surface area (Å²) < 4.78 is 10.2. The van der Waals surface area contributed by atoms with Crippen molar-refractivity contribution in [3.05, 3.63) is 0 Å². The molecule has 4 heteroatoms. The zero-order valence-corrected chi connectivity index (χ0v) is 10.9. The van der Waals surface area contributed by atoms with Gasteiger partial charge in [0, 0.05) is 13.5 Å². The lowest BCUT2D eigenvalue weighted by molar-refractivity contribution is -0.153. The van der Waals surface area contributed by atoms with Crippen LogP contribution in [0, 0.1) is 5.92 Å². The number of aliphatic hydroxyl groups is 1. The van der Waals surface area contributed by atoms with Crippen LogP contribution in [0.15, 0.2) is 0 Å². The van der Waals surface area contributed by atoms with Gasteiger partial charge in [0.05, 0.1) is 24.2 Å². The highest BCUT2D eigenvalue weighted by Crippen LogP contribution is 2.22. The maximum Gasteiger partial charge on any atom is 0.311 e. The molecular formula is C12H24O4. The van der Waals surface area contributed by atoms with Gasteiger partial charge < -0.3 is 14.6 Å². The quantitative estimate of drug-likeness (QED) is 0.679. The summed E-state index contributed by atoms with van der Waals surface area (Å²) >= 11 is 0. The first kappa shape index (κ1) is 15.4. The van der Waals surface area contributed by atoms with Crippen LogP contribution in [0.5, 0.6) is 0 Å². The van der Waals surface area contributed by atoms with Gasteiger partial charge >= 0.3 is 5.97 Å². The maximum absolute atomic E-state index is 11.6. The average molecular weight is 232 g/mol. The predicted molar refractivity (Wildman–Crippen MR) is 62.1 cm³/mol. The van der Waals surface area contributed by atoms with E-state index in [1.54, 1.807) is 14.0 Å². The van der Waals surface area contributed by atoms with Crippen LogP contribution in [0.4, 0.5) is 0 Å². The van der Waals surface area contributed by atoms with Gasteiger partial charge in [-0.15, -0.1) is 0 Å². The van der Waals surface area contributed by atoms with Crippen LogP contribution < -0.4 is 0 Å². The van der Waals surface area contributed by atoms with E-state index in [1.807, 2.05) is 20.8 Å². The highest BCUT2D eigenvalue weighted by molar-refractivity contribution is 5.73. The fourth-order valence-electron chi connectivity index (χ4n) is 1.57. The number of esters is 1. The third-order valence-electron chi connectivity index (χ3n) is 2.75. The largest absolute Gasteiger partial charge is 0.466 e. The number of methoxy groups -OCH3 is 1. The molecule has 0 bridgehead atoms. The van der Waals surface area contributed by atoms with E-state index in [2.05, 4.69) is 0 Å². The Balaban J connectivity index is 4.42. The molecule has 1 N–H and O–H groups in total. The van der Waals surface area contributed by atoms with Crippen molar-refractivity contribution in [3.8, 4) is 0 Å². The second-order valence-corrected chi connectivity index (χ2v) is 4.50. The molecule has 0 spiro atoms. The first-order valence-electron chi connectivity index (χ1n) is 5.77. The van der Waals surface area contributed by atoms with E-state index in [4.69, 9.17) is 9.47 Å². The van der Waals surface area contributed by atoms with Crippen molar-refractivity contribution in [2.24, 2.45) is 5.92 Å². The van der Waals surface area contributed by atoms with Crippen molar-refractivity contribution in [1.82, 2.24) is 0 Å². The molecule has 0 radical (unpaired) electrons. The van der Waals surface area contributed by atoms with E-state index in [0.717, 1.165) is 0 Å². The summed E-state index contributed by atoms with van der Waals surface area (Å²) in [5.74, 6) is -0.793. The molecule has 16 heavy (non-hydrogen) atoms. The van der Waals surface area contributed by atoms with Gasteiger partial charge in [0.25, 0.3) is 0 Å². The fraction of sp³-hybridized carbons (Fsp3) is 0.917. The Morgan fingerprint density at radius 3 is 2.31 bits per heavy atom. The number of rotatable bonds is 7. The summed E-state index contributed by atoms with van der Waals surface area (Å²) in [7, 11) is 1.60. The number of ether oxygens (including phenoxy) is 2. The van der Waals surface area contributed by atoms with Gasteiger partial charge in [-0.2, -0.15) is 0 Å². The molecular weight excluding hydrogens is 208 g/mol. The molecule has 96 valence electrons. The Bertz CT molecular complexity index is 213. The molecule has 0 aliphatic heterocycles. The van der Waals surface area contributed by atoms with Crippen molar-refractivity contribution in [2.45, 2.75) is 52.2 Å². The molecule has 0 heterocycles. The third-order valence-corrected chi connectivity index (χ3v) is 2.75. The summed E-state index contributed by atoms with van der Waals surface area (Å²) in [4.78, 5) is 11.6. The lowest BCUT2D eigenvalue weighted by Crippen LogP contribution is -2.36. The minimum absolute atomic E-state index is 0.329. The van der Waals surface area contributed by atoms with Crippen LogP contribution in [0.1, 0.15) is 40.5 Å². The van der Waals surface area contributed by atoms with Crippen LogP contribution in [0.25, 0.3) is 0 Å². The summed E-state index contributed by atoms with van der Waals surface area (Å²) in [6, 6.07) is 0. The summed E-state index contributed by atoms with van der Waals surface area (Å²) in [6.45, 7) is 7.73. The minimum Gasteiger partial charge on any atom is -0.466 e. The van der Waals surface area contributed by atoms with Crippen molar-refractivity contribution >= 4 is 5.97 Å². The Labute approximate surface area is 97.9 Å². The van der Waals surface area contributed by atoms with Gasteiger partial charge in [-0.25, -0.2) is 0 Å². The monoisotopic (exact) mass is 232 g/mol. The third kappa shape index (κ3) is 4.94. The Morgan fingerprint density at radius 1 is 1.38 bits per heavy atom. The molecule has 0 fully saturated rings. The molecule has 0 aliphatic rings. The molecule has 0 aromatic rings. The van der Waals surface area contributed by atoms with Gasteiger partial charge in [0.15, 0.2) is 0 Å². The van der Waals surface area contributed by atoms with E-state index in [1.165, 1.54) is 0 Å². The van der Waals surface area contributed by atoms with E-state index < -0.39 is 17.6 Å². The van der Waals surface area contributed by atoms with Crippen molar-refractivity contribution in [2.75, 3.05) is 13.7 Å². The smallest absolute Gasteiger partial charge is 0.311 e. The number of hydrogen-bond acceptors (Lipinski definition) is 4. The Morgan fingerprint density at radius 2 is 1.94 bits per heavy atom. The normalized spacial score (nSPS) is 15.6. The topological polar surface area (TPSA) is 55.8 Å². The second kappa shape index (κ2) is 6.86. The van der Waals surface area contributed by atoms with Gasteiger partial charge in [0.1, 0.15) is 0 Å². The molecule has 2 unspecified atom stereocenters. The molecule has 4 nitrogen and oxygen atoms in total. The van der Waals surface area contributed by atoms with Crippen LogP contribution in [0.2, 0.25) is 0 Å². The highest BCUT2D eigenvalue weighted by atomic mass is 16.5. The lowest BCUT2D eigenvalue weighted by atomic mass is 9.90. The van der Waals surface area contributed by atoms with Crippen molar-refractivity contribution in [1.29, 1.82) is 0 Å². The molecule has 2 atom stereocenters. The molecule has 0 saturated heterocycles. The number of aliphatic hydroxyl groups excluding tert-OH is 1. The van der Waals surface area contributed by atoms with Gasteiger partial charge in [0.2, 0.25) is 0 Å². The maximum atomic E-state index is 11.6. The molecule has 0 saturated carbocycles. The molecule has 0 amide bonds. The van der Waals surface area contributed by atoms with Crippen LogP contribution in [-0.2, 0) is 14.3 Å². The van der Waals surface area contributed by atoms with Gasteiger partial charge in [-0.3, -0.25) is 4.79 Å². The van der Waals surface area contributed by atoms with E-state index >= 15 is 0 Å². The fourth-order valence-corrected chi connectivity index (χ4v) is 1.57. The van der Waals surface area contributed by atoms with Gasteiger partial charge in [-0.05, 0) is 27.2 Å². The SMILES string of the molecule is CCOC(=O)C(CC)C(O)CC(C)(C)OC. The number of carbonyl (C=O) groups excluding carboxylic acids is 1. The number of hydrogen-bond donors (Lipinski definition) is 1. The molecule has 0 aromatic carbocycles. The van der Waals surface area contributed by atoms with E-state index in [0.29, 0.717) is 19.4 Å². The zero-order valence-electron chi connectivity index (χ0n) is 10.9. The standard InChI is InChI=1S/C12H24O4/c1-6-9(11(14)16-7-2)10(13)8-12(3,4)15-5/h9-10,13H,6-8H2,1-5H3. The van der Waals surface area contributed by atoms with Crippen molar-refractivity contribution in [3.63, 3.8) is 0 Å². The first-order chi connectivity index (χ1) is 7.37. The average Bonchev–Trinajstić information content (AvgIpc) is 2.18. The first-order valence-corrected chi connectivity index (χ1v) is 5.77. The van der Waals surface area contributed by atoms with Crippen LogP contribution in [0.3, 0.4) is 0 Å². The van der Waals surface area contributed by atoms with E-state index in [-0.39, 0.29) is 5.97 Å². The van der Waals surface area contributed by atoms with E-state index in [9.17, 15) is 9.90 Å². The lowest BCUT2D eigenvalue weighted by Gasteiger charge is -2.29. The zero-order chi connectivity index (χ0) is 12.8. The predicted octanol–water partition coefficient (Wildman–Crippen LogP) is 1.75. The molecule has 0 rings (SSSR count). The van der Waals surface area contributed by atoms with Crippen molar-refractivity contribution < 1.29 is 19.4 Å². The van der Waals surface area contributed by atoms with Gasteiger partial charge in [-0.1, -0.05) is 6.92 Å². The summed E-state index contributed by atoms with van der Waals surface area (Å²) in [5.41, 5.74) is -0.431. The Hall–Kier alpha value is -0.610. The summed E-state index contributed by atoms with van der Waals surface area (Å²) in [5, 5.41) is 9.99.